The van der Waals surface area contributed by atoms with E-state index in [0.29, 0.717) is 12.0 Å². The maximum atomic E-state index is 13.3. The molecular formula is C16H22FN3. The number of hydrogen-bond donors (Lipinski definition) is 1. The van der Waals surface area contributed by atoms with Gasteiger partial charge in [0.25, 0.3) is 0 Å². The minimum atomic E-state index is -0.216. The molecule has 1 aromatic carbocycles. The maximum absolute atomic E-state index is 13.3. The Hall–Kier alpha value is -1.42. The van der Waals surface area contributed by atoms with Crippen molar-refractivity contribution >= 4 is 11.0 Å². The van der Waals surface area contributed by atoms with Crippen LogP contribution in [0.1, 0.15) is 45.0 Å². The Bertz CT molecular complexity index is 584. The first-order valence-corrected chi connectivity index (χ1v) is 7.54. The number of nitrogens with zero attached hydrogens (tertiary/aromatic N) is 2. The van der Waals surface area contributed by atoms with E-state index in [0.717, 1.165) is 29.9 Å². The van der Waals surface area contributed by atoms with Crippen molar-refractivity contribution in [2.75, 3.05) is 13.1 Å². The van der Waals surface area contributed by atoms with Crippen molar-refractivity contribution in [1.82, 2.24) is 14.9 Å². The van der Waals surface area contributed by atoms with E-state index in [1.807, 2.05) is 0 Å². The average molecular weight is 275 g/mol. The summed E-state index contributed by atoms with van der Waals surface area (Å²) in [4.78, 5) is 10.5. The number of aromatic nitrogens is 2. The summed E-state index contributed by atoms with van der Waals surface area (Å²) < 4.78 is 13.3. The van der Waals surface area contributed by atoms with Crippen LogP contribution in [0.4, 0.5) is 4.39 Å². The van der Waals surface area contributed by atoms with Gasteiger partial charge in [-0.2, -0.15) is 0 Å². The van der Waals surface area contributed by atoms with Crippen molar-refractivity contribution in [3.8, 4) is 0 Å². The van der Waals surface area contributed by atoms with Gasteiger partial charge in [0.1, 0.15) is 11.6 Å². The molecule has 1 saturated heterocycles. The molecule has 4 heteroatoms. The average Bonchev–Trinajstić information content (AvgIpc) is 2.82. The van der Waals surface area contributed by atoms with Gasteiger partial charge in [-0.1, -0.05) is 20.3 Å². The molecule has 108 valence electrons. The number of likely N-dealkylation sites (tertiary alicyclic amines) is 1. The largest absolute Gasteiger partial charge is 0.341 e. The third kappa shape index (κ3) is 2.57. The Labute approximate surface area is 119 Å². The molecule has 0 amide bonds. The Kier molecular flexibility index (Phi) is 3.74. The summed E-state index contributed by atoms with van der Waals surface area (Å²) in [5, 5.41) is 0. The summed E-state index contributed by atoms with van der Waals surface area (Å²) in [7, 11) is 0. The van der Waals surface area contributed by atoms with E-state index in [2.05, 4.69) is 28.7 Å². The topological polar surface area (TPSA) is 31.9 Å². The molecule has 2 heterocycles. The second-order valence-corrected chi connectivity index (χ2v) is 6.07. The van der Waals surface area contributed by atoms with E-state index >= 15 is 0 Å². The summed E-state index contributed by atoms with van der Waals surface area (Å²) in [5.74, 6) is 1.24. The van der Waals surface area contributed by atoms with Gasteiger partial charge in [-0.15, -0.1) is 0 Å². The summed E-state index contributed by atoms with van der Waals surface area (Å²) in [6.07, 6.45) is 3.85. The quantitative estimate of drug-likeness (QED) is 0.921. The van der Waals surface area contributed by atoms with Crippen LogP contribution in [0.25, 0.3) is 11.0 Å². The molecule has 20 heavy (non-hydrogen) atoms. The molecule has 0 aliphatic carbocycles. The summed E-state index contributed by atoms with van der Waals surface area (Å²) in [6, 6.07) is 5.04. The lowest BCUT2D eigenvalue weighted by Gasteiger charge is -2.35. The van der Waals surface area contributed by atoms with E-state index in [1.165, 1.54) is 31.4 Å². The van der Waals surface area contributed by atoms with Gasteiger partial charge in [-0.3, -0.25) is 4.90 Å². The first kappa shape index (κ1) is 13.6. The molecule has 0 bridgehead atoms. The van der Waals surface area contributed by atoms with E-state index in [9.17, 15) is 4.39 Å². The van der Waals surface area contributed by atoms with Crippen molar-refractivity contribution in [2.24, 2.45) is 5.92 Å². The number of H-pyrrole nitrogens is 1. The van der Waals surface area contributed by atoms with Gasteiger partial charge in [0.15, 0.2) is 0 Å². The van der Waals surface area contributed by atoms with Crippen LogP contribution in [0.3, 0.4) is 0 Å². The number of benzene rings is 1. The SMILES string of the molecule is CC(C)C(c1nc2ccc(F)cc2[nH]1)N1CCCCC1. The molecule has 1 N–H and O–H groups in total. The first-order valence-electron chi connectivity index (χ1n) is 7.54. The van der Waals surface area contributed by atoms with Crippen LogP contribution in [0, 0.1) is 11.7 Å². The van der Waals surface area contributed by atoms with Crippen LogP contribution in [0.5, 0.6) is 0 Å². The third-order valence-electron chi connectivity index (χ3n) is 4.16. The molecule has 2 aromatic rings. The molecule has 0 radical (unpaired) electrons. The van der Waals surface area contributed by atoms with Gasteiger partial charge in [0, 0.05) is 0 Å². The van der Waals surface area contributed by atoms with Crippen LogP contribution in [0.2, 0.25) is 0 Å². The number of aromatic amines is 1. The number of nitrogens with one attached hydrogen (secondary N) is 1. The van der Waals surface area contributed by atoms with E-state index in [-0.39, 0.29) is 5.82 Å². The van der Waals surface area contributed by atoms with Crippen LogP contribution in [-0.2, 0) is 0 Å². The highest BCUT2D eigenvalue weighted by atomic mass is 19.1. The molecule has 1 fully saturated rings. The third-order valence-corrected chi connectivity index (χ3v) is 4.16. The number of fused-ring (bicyclic) bond motifs is 1. The smallest absolute Gasteiger partial charge is 0.125 e. The molecule has 1 aliphatic heterocycles. The van der Waals surface area contributed by atoms with Crippen molar-refractivity contribution in [3.05, 3.63) is 29.8 Å². The second kappa shape index (κ2) is 5.52. The number of piperidine rings is 1. The Balaban J connectivity index is 1.96. The number of hydrogen-bond acceptors (Lipinski definition) is 2. The number of rotatable bonds is 3. The molecule has 1 aromatic heterocycles. The Morgan fingerprint density at radius 1 is 1.20 bits per heavy atom. The van der Waals surface area contributed by atoms with Crippen LogP contribution < -0.4 is 0 Å². The van der Waals surface area contributed by atoms with Crippen LogP contribution in [0.15, 0.2) is 18.2 Å². The van der Waals surface area contributed by atoms with Crippen molar-refractivity contribution in [1.29, 1.82) is 0 Å². The second-order valence-electron chi connectivity index (χ2n) is 6.07. The van der Waals surface area contributed by atoms with Gasteiger partial charge in [0.05, 0.1) is 17.1 Å². The van der Waals surface area contributed by atoms with Crippen LogP contribution in [-0.4, -0.2) is 28.0 Å². The zero-order valence-electron chi connectivity index (χ0n) is 12.2. The van der Waals surface area contributed by atoms with Gasteiger partial charge < -0.3 is 4.98 Å². The van der Waals surface area contributed by atoms with Crippen molar-refractivity contribution in [3.63, 3.8) is 0 Å². The predicted octanol–water partition coefficient (Wildman–Crippen LogP) is 3.89. The fraction of sp³-hybridized carbons (Fsp3) is 0.562. The van der Waals surface area contributed by atoms with E-state index in [4.69, 9.17) is 0 Å². The summed E-state index contributed by atoms with van der Waals surface area (Å²) >= 11 is 0. The fourth-order valence-electron chi connectivity index (χ4n) is 3.25. The zero-order chi connectivity index (χ0) is 14.1. The highest BCUT2D eigenvalue weighted by Gasteiger charge is 2.27. The summed E-state index contributed by atoms with van der Waals surface area (Å²) in [5.41, 5.74) is 1.65. The summed E-state index contributed by atoms with van der Waals surface area (Å²) in [6.45, 7) is 6.72. The zero-order valence-corrected chi connectivity index (χ0v) is 12.2. The molecule has 0 spiro atoms. The molecule has 3 nitrogen and oxygen atoms in total. The predicted molar refractivity (Wildman–Crippen MR) is 79.1 cm³/mol. The normalized spacial score (nSPS) is 18.8. The lowest BCUT2D eigenvalue weighted by atomic mass is 9.99. The Morgan fingerprint density at radius 2 is 1.95 bits per heavy atom. The van der Waals surface area contributed by atoms with Crippen molar-refractivity contribution in [2.45, 2.75) is 39.2 Å². The standard InChI is InChI=1S/C16H22FN3/c1-11(2)15(20-8-4-3-5-9-20)16-18-13-7-6-12(17)10-14(13)19-16/h6-7,10-11,15H,3-5,8-9H2,1-2H3,(H,18,19). The molecule has 3 rings (SSSR count). The molecule has 1 unspecified atom stereocenters. The highest BCUT2D eigenvalue weighted by Crippen LogP contribution is 2.30. The lowest BCUT2D eigenvalue weighted by Crippen LogP contribution is -2.36. The van der Waals surface area contributed by atoms with Crippen LogP contribution >= 0.6 is 0 Å². The number of imidazole rings is 1. The first-order chi connectivity index (χ1) is 9.65. The van der Waals surface area contributed by atoms with Gasteiger partial charge in [-0.05, 0) is 50.0 Å². The monoisotopic (exact) mass is 275 g/mol. The highest BCUT2D eigenvalue weighted by molar-refractivity contribution is 5.75. The lowest BCUT2D eigenvalue weighted by molar-refractivity contribution is 0.123. The maximum Gasteiger partial charge on any atom is 0.125 e. The molecule has 0 saturated carbocycles. The molecule has 1 aliphatic rings. The van der Waals surface area contributed by atoms with Gasteiger partial charge >= 0.3 is 0 Å². The minimum absolute atomic E-state index is 0.216. The van der Waals surface area contributed by atoms with Crippen molar-refractivity contribution < 1.29 is 4.39 Å². The minimum Gasteiger partial charge on any atom is -0.341 e. The van der Waals surface area contributed by atoms with E-state index < -0.39 is 0 Å². The Morgan fingerprint density at radius 3 is 2.65 bits per heavy atom. The molecule has 1 atom stereocenters. The van der Waals surface area contributed by atoms with Gasteiger partial charge in [-0.25, -0.2) is 9.37 Å². The van der Waals surface area contributed by atoms with E-state index in [1.54, 1.807) is 6.07 Å². The van der Waals surface area contributed by atoms with Gasteiger partial charge in [0.2, 0.25) is 0 Å². The fourth-order valence-corrected chi connectivity index (χ4v) is 3.25. The molecular weight excluding hydrogens is 253 g/mol. The number of halogens is 1.